The molecule has 0 aliphatic rings. The minimum Gasteiger partial charge on any atom is -0.379 e. The summed E-state index contributed by atoms with van der Waals surface area (Å²) in [6.45, 7) is 18.4. The fraction of sp³-hybridized carbons (Fsp3) is 1.00. The van der Waals surface area contributed by atoms with Gasteiger partial charge in [0.15, 0.2) is 0 Å². The first kappa shape index (κ1) is 52.5. The molecule has 320 valence electrons. The summed E-state index contributed by atoms with van der Waals surface area (Å²) in [7, 11) is 0. The van der Waals surface area contributed by atoms with E-state index in [1.807, 2.05) is 0 Å². The number of unbranched alkanes of at least 4 members (excludes halogenated alkanes) is 13. The third-order valence-electron chi connectivity index (χ3n) is 8.13. The summed E-state index contributed by atoms with van der Waals surface area (Å²) in [6.07, 6.45) is 19.8. The molecule has 0 saturated carbocycles. The standard InChI is InChI=1S/C41H84O12/c1-3-5-7-9-10-11-12-13-14-15-17-19-43-21-23-45-25-27-47-29-31-49-33-35-51-37-39-53-41-40-52-38-36-50-34-32-48-30-28-46-26-24-44-22-20-42-18-16-8-6-4-2/h3-41H2,1-2H3. The molecule has 0 fully saturated rings. The zero-order chi connectivity index (χ0) is 38.1. The predicted octanol–water partition coefficient (Wildman–Crippen LogP) is 7.08. The van der Waals surface area contributed by atoms with Gasteiger partial charge in [-0.15, -0.1) is 0 Å². The largest absolute Gasteiger partial charge is 0.379 e. The molecule has 0 rings (SSSR count). The predicted molar refractivity (Wildman–Crippen MR) is 210 cm³/mol. The fourth-order valence-corrected chi connectivity index (χ4v) is 5.02. The van der Waals surface area contributed by atoms with Gasteiger partial charge in [-0.3, -0.25) is 0 Å². The molecular weight excluding hydrogens is 684 g/mol. The quantitative estimate of drug-likeness (QED) is 0.0590. The van der Waals surface area contributed by atoms with Crippen LogP contribution in [0.1, 0.15) is 110 Å². The summed E-state index contributed by atoms with van der Waals surface area (Å²) in [5.41, 5.74) is 0. The Hall–Kier alpha value is -0.480. The van der Waals surface area contributed by atoms with Gasteiger partial charge in [0.1, 0.15) is 0 Å². The number of ether oxygens (including phenoxy) is 12. The molecule has 0 atom stereocenters. The zero-order valence-electron chi connectivity index (χ0n) is 34.5. The van der Waals surface area contributed by atoms with Crippen LogP contribution in [0.5, 0.6) is 0 Å². The highest BCUT2D eigenvalue weighted by Crippen LogP contribution is 2.11. The lowest BCUT2D eigenvalue weighted by Crippen LogP contribution is -2.15. The molecule has 0 unspecified atom stereocenters. The van der Waals surface area contributed by atoms with Crippen molar-refractivity contribution in [3.05, 3.63) is 0 Å². The fourth-order valence-electron chi connectivity index (χ4n) is 5.02. The highest BCUT2D eigenvalue weighted by Gasteiger charge is 1.98. The molecule has 0 amide bonds. The SMILES string of the molecule is CCCCCCCCCCCCCOCCOCCOCCOCCOCCOCCOCCOCCOCCOCCOCCOCCCCCC. The Bertz CT molecular complexity index is 569. The Kier molecular flexibility index (Phi) is 51.1. The highest BCUT2D eigenvalue weighted by molar-refractivity contribution is 4.48. The molecule has 0 radical (unpaired) electrons. The maximum absolute atomic E-state index is 5.66. The first-order valence-electron chi connectivity index (χ1n) is 21.3. The van der Waals surface area contributed by atoms with Crippen LogP contribution in [0.2, 0.25) is 0 Å². The van der Waals surface area contributed by atoms with Gasteiger partial charge in [-0.05, 0) is 12.8 Å². The summed E-state index contributed by atoms with van der Waals surface area (Å²) >= 11 is 0. The number of rotatable bonds is 50. The molecule has 0 aromatic rings. The Labute approximate surface area is 325 Å². The van der Waals surface area contributed by atoms with Crippen LogP contribution in [0, 0.1) is 0 Å². The maximum atomic E-state index is 5.66. The Morgan fingerprint density at radius 1 is 0.151 bits per heavy atom. The monoisotopic (exact) mass is 769 g/mol. The molecule has 0 aromatic heterocycles. The van der Waals surface area contributed by atoms with Gasteiger partial charge >= 0.3 is 0 Å². The first-order chi connectivity index (χ1) is 26.4. The molecule has 0 N–H and O–H groups in total. The maximum Gasteiger partial charge on any atom is 0.0701 e. The lowest BCUT2D eigenvalue weighted by atomic mass is 10.1. The molecule has 0 heterocycles. The lowest BCUT2D eigenvalue weighted by Gasteiger charge is -2.09. The van der Waals surface area contributed by atoms with Gasteiger partial charge in [0.25, 0.3) is 0 Å². The van der Waals surface area contributed by atoms with Gasteiger partial charge in [0.2, 0.25) is 0 Å². The average Bonchev–Trinajstić information content (AvgIpc) is 3.17. The van der Waals surface area contributed by atoms with Crippen LogP contribution < -0.4 is 0 Å². The minimum absolute atomic E-state index is 0.522. The van der Waals surface area contributed by atoms with Gasteiger partial charge in [-0.25, -0.2) is 0 Å². The van der Waals surface area contributed by atoms with Crippen molar-refractivity contribution in [3.8, 4) is 0 Å². The van der Waals surface area contributed by atoms with Crippen molar-refractivity contribution >= 4 is 0 Å². The second kappa shape index (κ2) is 51.5. The van der Waals surface area contributed by atoms with Crippen LogP contribution in [0.25, 0.3) is 0 Å². The van der Waals surface area contributed by atoms with Gasteiger partial charge in [0.05, 0.1) is 145 Å². The molecule has 0 spiro atoms. The first-order valence-corrected chi connectivity index (χ1v) is 21.3. The van der Waals surface area contributed by atoms with Gasteiger partial charge in [-0.2, -0.15) is 0 Å². The van der Waals surface area contributed by atoms with E-state index in [-0.39, 0.29) is 0 Å². The molecule has 12 heteroatoms. The van der Waals surface area contributed by atoms with Crippen molar-refractivity contribution in [2.75, 3.05) is 159 Å². The van der Waals surface area contributed by atoms with E-state index in [1.165, 1.54) is 83.5 Å². The zero-order valence-corrected chi connectivity index (χ0v) is 34.5. The summed E-state index contributed by atoms with van der Waals surface area (Å²) in [5.74, 6) is 0. The van der Waals surface area contributed by atoms with Crippen LogP contribution in [0.4, 0.5) is 0 Å². The van der Waals surface area contributed by atoms with Crippen LogP contribution >= 0.6 is 0 Å². The van der Waals surface area contributed by atoms with Crippen LogP contribution in [-0.2, 0) is 56.8 Å². The van der Waals surface area contributed by atoms with Gasteiger partial charge in [-0.1, -0.05) is 97.3 Å². The van der Waals surface area contributed by atoms with Crippen molar-refractivity contribution in [2.45, 2.75) is 110 Å². The van der Waals surface area contributed by atoms with E-state index in [2.05, 4.69) is 13.8 Å². The van der Waals surface area contributed by atoms with Crippen LogP contribution in [-0.4, -0.2) is 159 Å². The van der Waals surface area contributed by atoms with E-state index in [0.29, 0.717) is 145 Å². The van der Waals surface area contributed by atoms with Crippen molar-refractivity contribution in [1.29, 1.82) is 0 Å². The number of hydrogen-bond acceptors (Lipinski definition) is 12. The molecule has 0 aliphatic heterocycles. The van der Waals surface area contributed by atoms with E-state index in [0.717, 1.165) is 26.1 Å². The van der Waals surface area contributed by atoms with Crippen LogP contribution in [0.15, 0.2) is 0 Å². The van der Waals surface area contributed by atoms with E-state index in [1.54, 1.807) is 0 Å². The van der Waals surface area contributed by atoms with Crippen molar-refractivity contribution in [1.82, 2.24) is 0 Å². The summed E-state index contributed by atoms with van der Waals surface area (Å²) in [5, 5.41) is 0. The van der Waals surface area contributed by atoms with Crippen molar-refractivity contribution in [3.63, 3.8) is 0 Å². The van der Waals surface area contributed by atoms with E-state index < -0.39 is 0 Å². The van der Waals surface area contributed by atoms with E-state index >= 15 is 0 Å². The minimum atomic E-state index is 0.522. The molecule has 12 nitrogen and oxygen atoms in total. The van der Waals surface area contributed by atoms with Crippen LogP contribution in [0.3, 0.4) is 0 Å². The van der Waals surface area contributed by atoms with E-state index in [4.69, 9.17) is 56.8 Å². The Morgan fingerprint density at radius 2 is 0.283 bits per heavy atom. The molecular formula is C41H84O12. The molecule has 0 aromatic carbocycles. The van der Waals surface area contributed by atoms with E-state index in [9.17, 15) is 0 Å². The second-order valence-corrected chi connectivity index (χ2v) is 12.9. The Morgan fingerprint density at radius 3 is 0.472 bits per heavy atom. The summed E-state index contributed by atoms with van der Waals surface area (Å²) < 4.78 is 66.4. The number of hydrogen-bond donors (Lipinski definition) is 0. The lowest BCUT2D eigenvalue weighted by molar-refractivity contribution is -0.0284. The van der Waals surface area contributed by atoms with Crippen molar-refractivity contribution < 1.29 is 56.8 Å². The third-order valence-corrected chi connectivity index (χ3v) is 8.13. The van der Waals surface area contributed by atoms with Gasteiger partial charge < -0.3 is 56.8 Å². The molecule has 0 bridgehead atoms. The molecule has 0 aliphatic carbocycles. The topological polar surface area (TPSA) is 111 Å². The second-order valence-electron chi connectivity index (χ2n) is 12.9. The average molecular weight is 769 g/mol. The molecule has 0 saturated heterocycles. The smallest absolute Gasteiger partial charge is 0.0701 e. The van der Waals surface area contributed by atoms with Crippen molar-refractivity contribution in [2.24, 2.45) is 0 Å². The Balaban J connectivity index is 3.05. The third kappa shape index (κ3) is 51.5. The normalized spacial score (nSPS) is 11.7. The molecule has 53 heavy (non-hydrogen) atoms. The van der Waals surface area contributed by atoms with Gasteiger partial charge in [0, 0.05) is 13.2 Å². The summed E-state index contributed by atoms with van der Waals surface area (Å²) in [4.78, 5) is 0. The summed E-state index contributed by atoms with van der Waals surface area (Å²) in [6, 6.07) is 0. The highest BCUT2D eigenvalue weighted by atomic mass is 16.6.